The van der Waals surface area contributed by atoms with E-state index < -0.39 is 11.7 Å². The molecule has 5 nitrogen and oxygen atoms in total. The summed E-state index contributed by atoms with van der Waals surface area (Å²) in [5.74, 6) is -0.972. The Morgan fingerprint density at radius 2 is 1.86 bits per heavy atom. The van der Waals surface area contributed by atoms with E-state index in [1.165, 1.54) is 12.1 Å². The Bertz CT molecular complexity index is 882. The van der Waals surface area contributed by atoms with E-state index in [1.54, 1.807) is 18.2 Å². The molecule has 0 aliphatic heterocycles. The van der Waals surface area contributed by atoms with Crippen molar-refractivity contribution in [2.24, 2.45) is 0 Å². The summed E-state index contributed by atoms with van der Waals surface area (Å²) in [6.07, 6.45) is 0.587. The summed E-state index contributed by atoms with van der Waals surface area (Å²) in [6, 6.07) is 11.4. The van der Waals surface area contributed by atoms with Crippen molar-refractivity contribution in [3.63, 3.8) is 0 Å². The Kier molecular flexibility index (Phi) is 3.74. The molecular formula is C16H14FN3O2. The molecule has 0 saturated heterocycles. The molecule has 0 unspecified atom stereocenters. The van der Waals surface area contributed by atoms with Gasteiger partial charge in [0, 0.05) is 6.54 Å². The molecule has 0 aliphatic rings. The van der Waals surface area contributed by atoms with Crippen molar-refractivity contribution in [1.82, 2.24) is 15.3 Å². The van der Waals surface area contributed by atoms with Gasteiger partial charge in [-0.25, -0.2) is 9.18 Å². The van der Waals surface area contributed by atoms with E-state index >= 15 is 0 Å². The third kappa shape index (κ3) is 2.90. The van der Waals surface area contributed by atoms with Crippen LogP contribution in [0.15, 0.2) is 47.3 Å². The molecule has 6 heteroatoms. The van der Waals surface area contributed by atoms with E-state index in [0.717, 1.165) is 16.6 Å². The standard InChI is InChI=1S/C16H14FN3O2/c17-12-4-2-1-3-11(12)15(21)18-8-7-10-5-6-13-14(9-10)20-16(22)19-13/h1-6,9H,7-8H2,(H,18,21)(H2,19,20,22). The molecular weight excluding hydrogens is 285 g/mol. The van der Waals surface area contributed by atoms with Gasteiger partial charge in [0.25, 0.3) is 5.91 Å². The van der Waals surface area contributed by atoms with E-state index in [-0.39, 0.29) is 11.3 Å². The van der Waals surface area contributed by atoms with Gasteiger partial charge in [-0.3, -0.25) is 4.79 Å². The monoisotopic (exact) mass is 299 g/mol. The number of amides is 1. The summed E-state index contributed by atoms with van der Waals surface area (Å²) in [7, 11) is 0. The fraction of sp³-hybridized carbons (Fsp3) is 0.125. The first kappa shape index (κ1) is 14.1. The first-order chi connectivity index (χ1) is 10.6. The number of halogens is 1. The highest BCUT2D eigenvalue weighted by molar-refractivity contribution is 5.94. The lowest BCUT2D eigenvalue weighted by Crippen LogP contribution is -2.26. The zero-order valence-corrected chi connectivity index (χ0v) is 11.7. The number of benzene rings is 2. The Hall–Kier alpha value is -2.89. The Balaban J connectivity index is 1.63. The molecule has 112 valence electrons. The van der Waals surface area contributed by atoms with Crippen LogP contribution in [0.2, 0.25) is 0 Å². The summed E-state index contributed by atoms with van der Waals surface area (Å²) in [5.41, 5.74) is 2.22. The maximum Gasteiger partial charge on any atom is 0.323 e. The van der Waals surface area contributed by atoms with Crippen LogP contribution < -0.4 is 11.0 Å². The maximum absolute atomic E-state index is 13.5. The topological polar surface area (TPSA) is 77.8 Å². The lowest BCUT2D eigenvalue weighted by atomic mass is 10.1. The number of aromatic amines is 2. The minimum atomic E-state index is -0.536. The van der Waals surface area contributed by atoms with Gasteiger partial charge in [-0.15, -0.1) is 0 Å². The second-order valence-electron chi connectivity index (χ2n) is 4.94. The molecule has 0 bridgehead atoms. The van der Waals surface area contributed by atoms with Gasteiger partial charge in [0.1, 0.15) is 5.82 Å². The fourth-order valence-corrected chi connectivity index (χ4v) is 2.30. The van der Waals surface area contributed by atoms with Crippen LogP contribution in [-0.2, 0) is 6.42 Å². The van der Waals surface area contributed by atoms with Gasteiger partial charge in [-0.2, -0.15) is 0 Å². The molecule has 0 fully saturated rings. The number of carbonyl (C=O) groups is 1. The number of aromatic nitrogens is 2. The molecule has 1 amide bonds. The highest BCUT2D eigenvalue weighted by Gasteiger charge is 2.09. The minimum absolute atomic E-state index is 0.0351. The SMILES string of the molecule is O=C(NCCc1ccc2[nH]c(=O)[nH]c2c1)c1ccccc1F. The average Bonchev–Trinajstić information content (AvgIpc) is 2.87. The second kappa shape index (κ2) is 5.85. The molecule has 0 saturated carbocycles. The summed E-state index contributed by atoms with van der Waals surface area (Å²) in [6.45, 7) is 0.382. The number of fused-ring (bicyclic) bond motifs is 1. The van der Waals surface area contributed by atoms with Gasteiger partial charge in [0.2, 0.25) is 0 Å². The summed E-state index contributed by atoms with van der Waals surface area (Å²) in [5, 5.41) is 2.68. The molecule has 0 aliphatic carbocycles. The number of hydrogen-bond donors (Lipinski definition) is 3. The predicted octanol–water partition coefficient (Wildman–Crippen LogP) is 1.97. The van der Waals surface area contributed by atoms with Crippen molar-refractivity contribution in [3.8, 4) is 0 Å². The van der Waals surface area contributed by atoms with Crippen molar-refractivity contribution < 1.29 is 9.18 Å². The molecule has 3 N–H and O–H groups in total. The Morgan fingerprint density at radius 1 is 1.09 bits per heavy atom. The number of hydrogen-bond acceptors (Lipinski definition) is 2. The molecule has 3 rings (SSSR count). The van der Waals surface area contributed by atoms with E-state index in [2.05, 4.69) is 15.3 Å². The maximum atomic E-state index is 13.5. The number of nitrogens with one attached hydrogen (secondary N) is 3. The van der Waals surface area contributed by atoms with Crippen LogP contribution in [0.5, 0.6) is 0 Å². The van der Waals surface area contributed by atoms with Crippen molar-refractivity contribution >= 4 is 16.9 Å². The predicted molar refractivity (Wildman–Crippen MR) is 81.4 cm³/mol. The lowest BCUT2D eigenvalue weighted by Gasteiger charge is -2.06. The zero-order valence-electron chi connectivity index (χ0n) is 11.7. The molecule has 1 heterocycles. The second-order valence-corrected chi connectivity index (χ2v) is 4.94. The van der Waals surface area contributed by atoms with Gasteiger partial charge in [0.15, 0.2) is 0 Å². The Morgan fingerprint density at radius 3 is 2.68 bits per heavy atom. The van der Waals surface area contributed by atoms with Crippen LogP contribution in [0.1, 0.15) is 15.9 Å². The molecule has 0 radical (unpaired) electrons. The van der Waals surface area contributed by atoms with E-state index in [1.807, 2.05) is 12.1 Å². The average molecular weight is 299 g/mol. The molecule has 1 aromatic heterocycles. The van der Waals surface area contributed by atoms with Crippen LogP contribution in [0.25, 0.3) is 11.0 Å². The normalized spacial score (nSPS) is 10.8. The van der Waals surface area contributed by atoms with E-state index in [0.29, 0.717) is 13.0 Å². The van der Waals surface area contributed by atoms with Crippen molar-refractivity contribution in [2.75, 3.05) is 6.54 Å². The fourth-order valence-electron chi connectivity index (χ4n) is 2.30. The van der Waals surface area contributed by atoms with Crippen LogP contribution in [0.4, 0.5) is 4.39 Å². The highest BCUT2D eigenvalue weighted by Crippen LogP contribution is 2.10. The van der Waals surface area contributed by atoms with Gasteiger partial charge < -0.3 is 15.3 Å². The van der Waals surface area contributed by atoms with Crippen LogP contribution >= 0.6 is 0 Å². The highest BCUT2D eigenvalue weighted by atomic mass is 19.1. The third-order valence-electron chi connectivity index (χ3n) is 3.40. The smallest absolute Gasteiger partial charge is 0.323 e. The van der Waals surface area contributed by atoms with Crippen LogP contribution in [-0.4, -0.2) is 22.4 Å². The first-order valence-corrected chi connectivity index (χ1v) is 6.87. The largest absolute Gasteiger partial charge is 0.352 e. The molecule has 0 atom stereocenters. The molecule has 2 aromatic carbocycles. The summed E-state index contributed by atoms with van der Waals surface area (Å²) < 4.78 is 13.5. The van der Waals surface area contributed by atoms with Crippen LogP contribution in [0, 0.1) is 5.82 Å². The van der Waals surface area contributed by atoms with Gasteiger partial charge in [-0.1, -0.05) is 18.2 Å². The van der Waals surface area contributed by atoms with Crippen molar-refractivity contribution in [1.29, 1.82) is 0 Å². The number of H-pyrrole nitrogens is 2. The minimum Gasteiger partial charge on any atom is -0.352 e. The molecule has 3 aromatic rings. The summed E-state index contributed by atoms with van der Waals surface area (Å²) >= 11 is 0. The van der Waals surface area contributed by atoms with E-state index in [9.17, 15) is 14.0 Å². The number of carbonyl (C=O) groups excluding carboxylic acids is 1. The summed E-state index contributed by atoms with van der Waals surface area (Å²) in [4.78, 5) is 28.4. The quantitative estimate of drug-likeness (QED) is 0.688. The van der Waals surface area contributed by atoms with Crippen molar-refractivity contribution in [2.45, 2.75) is 6.42 Å². The van der Waals surface area contributed by atoms with Gasteiger partial charge in [0.05, 0.1) is 16.6 Å². The van der Waals surface area contributed by atoms with E-state index in [4.69, 9.17) is 0 Å². The number of imidazole rings is 1. The first-order valence-electron chi connectivity index (χ1n) is 6.87. The lowest BCUT2D eigenvalue weighted by molar-refractivity contribution is 0.0950. The zero-order chi connectivity index (χ0) is 15.5. The van der Waals surface area contributed by atoms with Crippen LogP contribution in [0.3, 0.4) is 0 Å². The molecule has 0 spiro atoms. The Labute approximate surface area is 125 Å². The van der Waals surface area contributed by atoms with Crippen molar-refractivity contribution in [3.05, 3.63) is 69.9 Å². The van der Waals surface area contributed by atoms with Gasteiger partial charge >= 0.3 is 5.69 Å². The van der Waals surface area contributed by atoms with Gasteiger partial charge in [-0.05, 0) is 36.2 Å². The molecule has 22 heavy (non-hydrogen) atoms. The number of rotatable bonds is 4. The third-order valence-corrected chi connectivity index (χ3v) is 3.40.